The summed E-state index contributed by atoms with van der Waals surface area (Å²) in [5.74, 6) is -1.24. The van der Waals surface area contributed by atoms with Crippen molar-refractivity contribution in [2.24, 2.45) is 0 Å². The summed E-state index contributed by atoms with van der Waals surface area (Å²) in [5.41, 5.74) is 1.15. The number of benzene rings is 2. The molecule has 2 aromatic carbocycles. The minimum absolute atomic E-state index is 0.325. The van der Waals surface area contributed by atoms with E-state index in [2.05, 4.69) is 0 Å². The van der Waals surface area contributed by atoms with Crippen molar-refractivity contribution < 1.29 is 19.0 Å². The van der Waals surface area contributed by atoms with Gasteiger partial charge in [-0.25, -0.2) is 9.18 Å². The van der Waals surface area contributed by atoms with Crippen molar-refractivity contribution in [3.05, 3.63) is 53.8 Å². The lowest BCUT2D eigenvalue weighted by Gasteiger charge is -2.07. The highest BCUT2D eigenvalue weighted by atomic mass is 19.1. The van der Waals surface area contributed by atoms with Crippen LogP contribution in [0.1, 0.15) is 23.7 Å². The Labute approximate surface area is 116 Å². The number of rotatable bonds is 5. The maximum absolute atomic E-state index is 13.3. The third kappa shape index (κ3) is 3.15. The Kier molecular flexibility index (Phi) is 4.35. The minimum atomic E-state index is -1.27. The number of carbonyl (C=O) groups is 1. The molecule has 1 N–H and O–H groups in total. The van der Waals surface area contributed by atoms with Crippen LogP contribution in [0.5, 0.6) is 5.75 Å². The molecule has 0 bridgehead atoms. The van der Waals surface area contributed by atoms with Gasteiger partial charge in [0.05, 0.1) is 12.2 Å². The molecule has 0 amide bonds. The summed E-state index contributed by atoms with van der Waals surface area (Å²) in [7, 11) is 0. The molecule has 0 aliphatic heterocycles. The topological polar surface area (TPSA) is 46.5 Å². The fourth-order valence-corrected chi connectivity index (χ4v) is 1.83. The van der Waals surface area contributed by atoms with Gasteiger partial charge in [-0.05, 0) is 41.8 Å². The summed E-state index contributed by atoms with van der Waals surface area (Å²) in [6, 6.07) is 11.3. The molecule has 0 fully saturated rings. The molecule has 0 atom stereocenters. The Bertz CT molecular complexity index is 606. The predicted octanol–water partition coefficient (Wildman–Crippen LogP) is 3.98. The molecule has 0 aliphatic rings. The molecule has 20 heavy (non-hydrogen) atoms. The van der Waals surface area contributed by atoms with E-state index in [1.807, 2.05) is 31.2 Å². The first kappa shape index (κ1) is 14.1. The molecule has 0 saturated heterocycles. The summed E-state index contributed by atoms with van der Waals surface area (Å²) in [6.07, 6.45) is 0.932. The van der Waals surface area contributed by atoms with E-state index in [-0.39, 0.29) is 5.56 Å². The molecule has 0 aliphatic carbocycles. The number of hydrogen-bond acceptors (Lipinski definition) is 2. The van der Waals surface area contributed by atoms with Crippen LogP contribution in [0, 0.1) is 5.82 Å². The Morgan fingerprint density at radius 1 is 1.15 bits per heavy atom. The second-order valence-corrected chi connectivity index (χ2v) is 4.37. The quantitative estimate of drug-likeness (QED) is 0.897. The third-order valence-corrected chi connectivity index (χ3v) is 2.86. The summed E-state index contributed by atoms with van der Waals surface area (Å²) < 4.78 is 18.8. The number of carboxylic acid groups (broad SMARTS) is 1. The van der Waals surface area contributed by atoms with Gasteiger partial charge in [0.2, 0.25) is 0 Å². The van der Waals surface area contributed by atoms with Crippen molar-refractivity contribution in [3.8, 4) is 16.9 Å². The molecular formula is C16H15FO3. The lowest BCUT2D eigenvalue weighted by Crippen LogP contribution is -2.00. The molecule has 104 valence electrons. The SMILES string of the molecule is CCCOc1ccc(-c2ccc(F)c(C(=O)O)c2)cc1. The highest BCUT2D eigenvalue weighted by Crippen LogP contribution is 2.24. The van der Waals surface area contributed by atoms with E-state index in [0.717, 1.165) is 17.7 Å². The number of aromatic carboxylic acids is 1. The molecule has 0 saturated carbocycles. The highest BCUT2D eigenvalue weighted by Gasteiger charge is 2.11. The van der Waals surface area contributed by atoms with Gasteiger partial charge >= 0.3 is 5.97 Å². The van der Waals surface area contributed by atoms with Gasteiger partial charge in [-0.1, -0.05) is 25.1 Å². The van der Waals surface area contributed by atoms with Crippen molar-refractivity contribution in [1.29, 1.82) is 0 Å². The Balaban J connectivity index is 2.27. The van der Waals surface area contributed by atoms with E-state index < -0.39 is 11.8 Å². The molecule has 2 aromatic rings. The predicted molar refractivity (Wildman–Crippen MR) is 74.6 cm³/mol. The van der Waals surface area contributed by atoms with E-state index >= 15 is 0 Å². The van der Waals surface area contributed by atoms with E-state index in [1.165, 1.54) is 12.1 Å². The Morgan fingerprint density at radius 3 is 2.40 bits per heavy atom. The maximum atomic E-state index is 13.3. The fraction of sp³-hybridized carbons (Fsp3) is 0.188. The van der Waals surface area contributed by atoms with Crippen LogP contribution in [0.4, 0.5) is 4.39 Å². The van der Waals surface area contributed by atoms with Gasteiger partial charge in [-0.3, -0.25) is 0 Å². The molecule has 0 spiro atoms. The Hall–Kier alpha value is -2.36. The lowest BCUT2D eigenvalue weighted by atomic mass is 10.0. The number of halogens is 1. The zero-order chi connectivity index (χ0) is 14.5. The summed E-state index contributed by atoms with van der Waals surface area (Å²) >= 11 is 0. The van der Waals surface area contributed by atoms with Gasteiger partial charge in [-0.15, -0.1) is 0 Å². The normalized spacial score (nSPS) is 10.3. The van der Waals surface area contributed by atoms with Crippen LogP contribution in [0.15, 0.2) is 42.5 Å². The van der Waals surface area contributed by atoms with Gasteiger partial charge < -0.3 is 9.84 Å². The van der Waals surface area contributed by atoms with E-state index in [0.29, 0.717) is 12.2 Å². The second kappa shape index (κ2) is 6.19. The monoisotopic (exact) mass is 274 g/mol. The summed E-state index contributed by atoms with van der Waals surface area (Å²) in [6.45, 7) is 2.68. The number of hydrogen-bond donors (Lipinski definition) is 1. The zero-order valence-corrected chi connectivity index (χ0v) is 11.1. The molecule has 4 heteroatoms. The van der Waals surface area contributed by atoms with Gasteiger partial charge in [-0.2, -0.15) is 0 Å². The lowest BCUT2D eigenvalue weighted by molar-refractivity contribution is 0.0692. The first-order chi connectivity index (χ1) is 9.61. The minimum Gasteiger partial charge on any atom is -0.494 e. The molecule has 0 heterocycles. The van der Waals surface area contributed by atoms with Crippen LogP contribution in [0.2, 0.25) is 0 Å². The van der Waals surface area contributed by atoms with Gasteiger partial charge in [0.1, 0.15) is 11.6 Å². The summed E-state index contributed by atoms with van der Waals surface area (Å²) in [4.78, 5) is 10.9. The van der Waals surface area contributed by atoms with Gasteiger partial charge in [0.15, 0.2) is 0 Å². The number of carboxylic acids is 1. The number of ether oxygens (including phenoxy) is 1. The van der Waals surface area contributed by atoms with Crippen molar-refractivity contribution in [3.63, 3.8) is 0 Å². The fourth-order valence-electron chi connectivity index (χ4n) is 1.83. The van der Waals surface area contributed by atoms with Crippen LogP contribution >= 0.6 is 0 Å². The van der Waals surface area contributed by atoms with Gasteiger partial charge in [0, 0.05) is 0 Å². The van der Waals surface area contributed by atoms with Crippen molar-refractivity contribution in [2.75, 3.05) is 6.61 Å². The largest absolute Gasteiger partial charge is 0.494 e. The van der Waals surface area contributed by atoms with Crippen molar-refractivity contribution in [1.82, 2.24) is 0 Å². The maximum Gasteiger partial charge on any atom is 0.338 e. The van der Waals surface area contributed by atoms with E-state index in [9.17, 15) is 9.18 Å². The zero-order valence-electron chi connectivity index (χ0n) is 11.1. The van der Waals surface area contributed by atoms with Crippen molar-refractivity contribution >= 4 is 5.97 Å². The van der Waals surface area contributed by atoms with Crippen LogP contribution in [-0.4, -0.2) is 17.7 Å². The average molecular weight is 274 g/mol. The summed E-state index contributed by atoms with van der Waals surface area (Å²) in [5, 5.41) is 8.92. The smallest absolute Gasteiger partial charge is 0.338 e. The molecule has 0 radical (unpaired) electrons. The molecule has 3 nitrogen and oxygen atoms in total. The molecule has 0 unspecified atom stereocenters. The van der Waals surface area contributed by atoms with Crippen LogP contribution in [0.3, 0.4) is 0 Å². The first-order valence-corrected chi connectivity index (χ1v) is 6.38. The second-order valence-electron chi connectivity index (χ2n) is 4.37. The Morgan fingerprint density at radius 2 is 1.80 bits per heavy atom. The van der Waals surface area contributed by atoms with E-state index in [1.54, 1.807) is 6.07 Å². The van der Waals surface area contributed by atoms with Gasteiger partial charge in [0.25, 0.3) is 0 Å². The van der Waals surface area contributed by atoms with Crippen molar-refractivity contribution in [2.45, 2.75) is 13.3 Å². The average Bonchev–Trinajstić information content (AvgIpc) is 2.46. The van der Waals surface area contributed by atoms with Crippen LogP contribution in [0.25, 0.3) is 11.1 Å². The van der Waals surface area contributed by atoms with E-state index in [4.69, 9.17) is 9.84 Å². The highest BCUT2D eigenvalue weighted by molar-refractivity contribution is 5.89. The van der Waals surface area contributed by atoms with Crippen LogP contribution < -0.4 is 4.74 Å². The standard InChI is InChI=1S/C16H15FO3/c1-2-9-20-13-6-3-11(4-7-13)12-5-8-15(17)14(10-12)16(18)19/h3-8,10H,2,9H2,1H3,(H,18,19). The third-order valence-electron chi connectivity index (χ3n) is 2.86. The molecule has 2 rings (SSSR count). The first-order valence-electron chi connectivity index (χ1n) is 6.38. The molecule has 0 aromatic heterocycles. The molecular weight excluding hydrogens is 259 g/mol. The van der Waals surface area contributed by atoms with Crippen LogP contribution in [-0.2, 0) is 0 Å².